The van der Waals surface area contributed by atoms with Gasteiger partial charge in [-0.05, 0) is 24.6 Å². The van der Waals surface area contributed by atoms with E-state index in [0.29, 0.717) is 35.9 Å². The van der Waals surface area contributed by atoms with E-state index in [-0.39, 0.29) is 19.0 Å². The Morgan fingerprint density at radius 2 is 1.96 bits per heavy atom. The highest BCUT2D eigenvalue weighted by atomic mass is 19.2. The molecule has 2 aromatic heterocycles. The van der Waals surface area contributed by atoms with Crippen LogP contribution in [0.2, 0.25) is 0 Å². The minimum absolute atomic E-state index is 0.0979. The van der Waals surface area contributed by atoms with Crippen molar-refractivity contribution in [3.8, 4) is 0 Å². The molecule has 7 nitrogen and oxygen atoms in total. The number of carbonyl (C=O) groups excluding carboxylic acids is 1. The highest BCUT2D eigenvalue weighted by Crippen LogP contribution is 2.25. The van der Waals surface area contributed by atoms with Crippen LogP contribution in [0.3, 0.4) is 0 Å². The molecule has 1 fully saturated rings. The average molecular weight is 372 g/mol. The highest BCUT2D eigenvalue weighted by molar-refractivity contribution is 5.90. The summed E-state index contributed by atoms with van der Waals surface area (Å²) >= 11 is 0. The normalized spacial score (nSPS) is 15.0. The van der Waals surface area contributed by atoms with Crippen LogP contribution >= 0.6 is 0 Å². The molecule has 0 aliphatic carbocycles. The van der Waals surface area contributed by atoms with Crippen LogP contribution in [0, 0.1) is 18.6 Å². The number of amides is 1. The number of piperazine rings is 1. The van der Waals surface area contributed by atoms with Gasteiger partial charge in [-0.1, -0.05) is 6.07 Å². The molecule has 3 heterocycles. The van der Waals surface area contributed by atoms with Gasteiger partial charge in [0.15, 0.2) is 17.3 Å². The fourth-order valence-corrected chi connectivity index (χ4v) is 3.27. The molecule has 9 heteroatoms. The zero-order valence-corrected chi connectivity index (χ0v) is 15.0. The van der Waals surface area contributed by atoms with E-state index >= 15 is 0 Å². The molecular weight excluding hydrogens is 354 g/mol. The zero-order chi connectivity index (χ0) is 19.1. The lowest BCUT2D eigenvalue weighted by Gasteiger charge is -2.35. The molecule has 0 saturated carbocycles. The summed E-state index contributed by atoms with van der Waals surface area (Å²) in [5, 5.41) is 5.02. The van der Waals surface area contributed by atoms with Gasteiger partial charge in [0.2, 0.25) is 5.91 Å². The molecule has 0 spiro atoms. The summed E-state index contributed by atoms with van der Waals surface area (Å²) in [5.74, 6) is -0.605. The van der Waals surface area contributed by atoms with E-state index in [1.54, 1.807) is 22.7 Å². The second-order valence-corrected chi connectivity index (χ2v) is 6.59. The van der Waals surface area contributed by atoms with Gasteiger partial charge >= 0.3 is 0 Å². The number of rotatable bonds is 3. The van der Waals surface area contributed by atoms with E-state index < -0.39 is 11.6 Å². The van der Waals surface area contributed by atoms with Crippen LogP contribution in [0.25, 0.3) is 11.0 Å². The monoisotopic (exact) mass is 372 g/mol. The number of benzene rings is 1. The molecule has 4 rings (SSSR count). The van der Waals surface area contributed by atoms with E-state index in [2.05, 4.69) is 15.1 Å². The van der Waals surface area contributed by atoms with Crippen LogP contribution < -0.4 is 4.90 Å². The third-order valence-corrected chi connectivity index (χ3v) is 4.66. The van der Waals surface area contributed by atoms with Gasteiger partial charge in [-0.25, -0.2) is 18.7 Å². The maximum absolute atomic E-state index is 13.4. The van der Waals surface area contributed by atoms with E-state index in [9.17, 15) is 13.6 Å². The fourth-order valence-electron chi connectivity index (χ4n) is 3.27. The summed E-state index contributed by atoms with van der Waals surface area (Å²) in [5.41, 5.74) is 1.28. The number of fused-ring (bicyclic) bond motifs is 1. The summed E-state index contributed by atoms with van der Waals surface area (Å²) in [7, 11) is 1.81. The van der Waals surface area contributed by atoms with Crippen LogP contribution in [0.1, 0.15) is 11.4 Å². The molecule has 1 aromatic carbocycles. The standard InChI is InChI=1S/C18H18F2N6O/c1-11-22-17-13(8-21-24(17)2)18(23-11)26-6-5-25(16(27)10-26)9-12-3-4-14(19)15(20)7-12/h3-4,7-8H,5-6,9-10H2,1-2H3. The van der Waals surface area contributed by atoms with Gasteiger partial charge < -0.3 is 9.80 Å². The maximum atomic E-state index is 13.4. The van der Waals surface area contributed by atoms with Crippen molar-refractivity contribution in [2.75, 3.05) is 24.5 Å². The third-order valence-electron chi connectivity index (χ3n) is 4.66. The Kier molecular flexibility index (Phi) is 4.21. The van der Waals surface area contributed by atoms with Crippen molar-refractivity contribution >= 4 is 22.8 Å². The Balaban J connectivity index is 1.54. The summed E-state index contributed by atoms with van der Waals surface area (Å²) in [6, 6.07) is 3.70. The van der Waals surface area contributed by atoms with Crippen molar-refractivity contribution in [2.24, 2.45) is 7.05 Å². The van der Waals surface area contributed by atoms with Crippen LogP contribution in [-0.2, 0) is 18.4 Å². The number of halogens is 2. The first-order valence-electron chi connectivity index (χ1n) is 8.55. The van der Waals surface area contributed by atoms with Crippen molar-refractivity contribution in [3.63, 3.8) is 0 Å². The van der Waals surface area contributed by atoms with Crippen LogP contribution in [0.4, 0.5) is 14.6 Å². The topological polar surface area (TPSA) is 67.2 Å². The number of nitrogens with zero attached hydrogens (tertiary/aromatic N) is 6. The first-order valence-corrected chi connectivity index (χ1v) is 8.55. The minimum Gasteiger partial charge on any atom is -0.345 e. The predicted molar refractivity (Wildman–Crippen MR) is 95.0 cm³/mol. The van der Waals surface area contributed by atoms with Gasteiger partial charge in [-0.2, -0.15) is 5.10 Å². The Bertz CT molecular complexity index is 1030. The summed E-state index contributed by atoms with van der Waals surface area (Å²) in [6.45, 7) is 3.24. The number of hydrogen-bond donors (Lipinski definition) is 0. The first-order chi connectivity index (χ1) is 12.9. The number of carbonyl (C=O) groups is 1. The second kappa shape index (κ2) is 6.57. The minimum atomic E-state index is -0.908. The summed E-state index contributed by atoms with van der Waals surface area (Å²) in [4.78, 5) is 25.1. The lowest BCUT2D eigenvalue weighted by atomic mass is 10.1. The van der Waals surface area contributed by atoms with Crippen molar-refractivity contribution in [3.05, 3.63) is 47.4 Å². The molecule has 1 amide bonds. The SMILES string of the molecule is Cc1nc(N2CCN(Cc3ccc(F)c(F)c3)C(=O)C2)c2cnn(C)c2n1. The van der Waals surface area contributed by atoms with E-state index in [0.717, 1.165) is 17.5 Å². The first kappa shape index (κ1) is 17.3. The molecule has 0 N–H and O–H groups in total. The lowest BCUT2D eigenvalue weighted by molar-refractivity contribution is -0.131. The Morgan fingerprint density at radius 1 is 1.15 bits per heavy atom. The van der Waals surface area contributed by atoms with Gasteiger partial charge in [0.1, 0.15) is 11.6 Å². The molecule has 0 unspecified atom stereocenters. The van der Waals surface area contributed by atoms with E-state index in [1.165, 1.54) is 6.07 Å². The molecule has 0 atom stereocenters. The molecule has 1 saturated heterocycles. The van der Waals surface area contributed by atoms with Gasteiger partial charge in [0.05, 0.1) is 18.1 Å². The van der Waals surface area contributed by atoms with Gasteiger partial charge in [-0.3, -0.25) is 9.48 Å². The zero-order valence-electron chi connectivity index (χ0n) is 15.0. The Hall–Kier alpha value is -3.10. The number of hydrogen-bond acceptors (Lipinski definition) is 5. The number of anilines is 1. The van der Waals surface area contributed by atoms with Crippen molar-refractivity contribution in [2.45, 2.75) is 13.5 Å². The molecule has 3 aromatic rings. The quantitative estimate of drug-likeness (QED) is 0.701. The van der Waals surface area contributed by atoms with E-state index in [1.807, 2.05) is 11.9 Å². The van der Waals surface area contributed by atoms with Crippen LogP contribution in [-0.4, -0.2) is 50.2 Å². The molecule has 0 radical (unpaired) electrons. The Morgan fingerprint density at radius 3 is 2.70 bits per heavy atom. The van der Waals surface area contributed by atoms with Gasteiger partial charge in [0.25, 0.3) is 0 Å². The molecule has 0 bridgehead atoms. The van der Waals surface area contributed by atoms with Crippen molar-refractivity contribution in [1.29, 1.82) is 0 Å². The summed E-state index contributed by atoms with van der Waals surface area (Å²) in [6.07, 6.45) is 1.70. The van der Waals surface area contributed by atoms with Crippen molar-refractivity contribution in [1.82, 2.24) is 24.6 Å². The lowest BCUT2D eigenvalue weighted by Crippen LogP contribution is -2.50. The second-order valence-electron chi connectivity index (χ2n) is 6.59. The average Bonchev–Trinajstić information content (AvgIpc) is 3.00. The van der Waals surface area contributed by atoms with Crippen LogP contribution in [0.5, 0.6) is 0 Å². The highest BCUT2D eigenvalue weighted by Gasteiger charge is 2.27. The predicted octanol–water partition coefficient (Wildman–Crippen LogP) is 1.80. The molecular formula is C18H18F2N6O. The third kappa shape index (κ3) is 3.20. The smallest absolute Gasteiger partial charge is 0.242 e. The molecule has 1 aliphatic heterocycles. The summed E-state index contributed by atoms with van der Waals surface area (Å²) < 4.78 is 28.1. The number of aromatic nitrogens is 4. The fraction of sp³-hybridized carbons (Fsp3) is 0.333. The van der Waals surface area contributed by atoms with Gasteiger partial charge in [0, 0.05) is 26.7 Å². The molecule has 27 heavy (non-hydrogen) atoms. The largest absolute Gasteiger partial charge is 0.345 e. The van der Waals surface area contributed by atoms with Crippen molar-refractivity contribution < 1.29 is 13.6 Å². The maximum Gasteiger partial charge on any atom is 0.242 e. The molecule has 140 valence electrons. The number of aryl methyl sites for hydroxylation is 2. The van der Waals surface area contributed by atoms with Crippen LogP contribution in [0.15, 0.2) is 24.4 Å². The van der Waals surface area contributed by atoms with E-state index in [4.69, 9.17) is 0 Å². The Labute approximate surface area is 154 Å². The molecule has 1 aliphatic rings. The van der Waals surface area contributed by atoms with Gasteiger partial charge in [-0.15, -0.1) is 0 Å².